The van der Waals surface area contributed by atoms with Gasteiger partial charge >= 0.3 is 5.97 Å². The normalized spacial score (nSPS) is 11.1. The first-order valence-electron chi connectivity index (χ1n) is 7.30. The summed E-state index contributed by atoms with van der Waals surface area (Å²) < 4.78 is 10.8. The van der Waals surface area contributed by atoms with E-state index < -0.39 is 5.97 Å². The Morgan fingerprint density at radius 3 is 2.50 bits per heavy atom. The molecule has 22 heavy (non-hydrogen) atoms. The summed E-state index contributed by atoms with van der Waals surface area (Å²) in [5, 5.41) is 0. The lowest BCUT2D eigenvalue weighted by atomic mass is 10.2. The number of ether oxygens (including phenoxy) is 2. The third kappa shape index (κ3) is 4.45. The fourth-order valence-electron chi connectivity index (χ4n) is 1.87. The molecule has 0 amide bonds. The van der Waals surface area contributed by atoms with Crippen LogP contribution < -0.4 is 4.74 Å². The molecule has 4 heteroatoms. The van der Waals surface area contributed by atoms with Gasteiger partial charge in [0.15, 0.2) is 5.90 Å². The third-order valence-electron chi connectivity index (χ3n) is 2.90. The molecule has 2 aromatic rings. The van der Waals surface area contributed by atoms with E-state index >= 15 is 0 Å². The SMILES string of the molecule is CCOc1cccc(C(=O)OC(CC)=Nc2ccccc2)c1. The highest BCUT2D eigenvalue weighted by Gasteiger charge is 2.11. The van der Waals surface area contributed by atoms with Gasteiger partial charge in [0.1, 0.15) is 5.75 Å². The number of aliphatic imine (C=N–C) groups is 1. The van der Waals surface area contributed by atoms with Gasteiger partial charge in [0.05, 0.1) is 17.9 Å². The first-order valence-corrected chi connectivity index (χ1v) is 7.30. The lowest BCUT2D eigenvalue weighted by Gasteiger charge is -2.08. The standard InChI is InChI=1S/C18H19NO3/c1-3-17(19-15-10-6-5-7-11-15)22-18(20)14-9-8-12-16(13-14)21-4-2/h5-13H,3-4H2,1-2H3. The van der Waals surface area contributed by atoms with Gasteiger partial charge in [-0.2, -0.15) is 0 Å². The number of benzene rings is 2. The van der Waals surface area contributed by atoms with Gasteiger partial charge in [-0.25, -0.2) is 9.79 Å². The van der Waals surface area contributed by atoms with Gasteiger partial charge in [-0.15, -0.1) is 0 Å². The molecule has 0 atom stereocenters. The van der Waals surface area contributed by atoms with Crippen LogP contribution in [0, 0.1) is 0 Å². The highest BCUT2D eigenvalue weighted by Crippen LogP contribution is 2.16. The number of esters is 1. The minimum atomic E-state index is -0.432. The monoisotopic (exact) mass is 297 g/mol. The zero-order chi connectivity index (χ0) is 15.8. The van der Waals surface area contributed by atoms with E-state index in [9.17, 15) is 4.79 Å². The number of carbonyl (C=O) groups is 1. The molecule has 4 nitrogen and oxygen atoms in total. The highest BCUT2D eigenvalue weighted by molar-refractivity contribution is 5.99. The molecule has 0 unspecified atom stereocenters. The van der Waals surface area contributed by atoms with Gasteiger partial charge in [-0.3, -0.25) is 0 Å². The van der Waals surface area contributed by atoms with Gasteiger partial charge in [-0.05, 0) is 37.3 Å². The topological polar surface area (TPSA) is 47.9 Å². The Hall–Kier alpha value is -2.62. The zero-order valence-electron chi connectivity index (χ0n) is 12.8. The molecule has 0 aliphatic rings. The first kappa shape index (κ1) is 15.8. The van der Waals surface area contributed by atoms with Crippen LogP contribution in [0.25, 0.3) is 0 Å². The molecular formula is C18H19NO3. The van der Waals surface area contributed by atoms with Gasteiger partial charge < -0.3 is 9.47 Å². The van der Waals surface area contributed by atoms with Crippen molar-refractivity contribution < 1.29 is 14.3 Å². The molecule has 0 aliphatic heterocycles. The van der Waals surface area contributed by atoms with E-state index in [4.69, 9.17) is 9.47 Å². The Morgan fingerprint density at radius 1 is 1.05 bits per heavy atom. The number of carbonyl (C=O) groups excluding carboxylic acids is 1. The molecule has 2 aromatic carbocycles. The van der Waals surface area contributed by atoms with Crippen LogP contribution in [-0.4, -0.2) is 18.5 Å². The number of nitrogens with zero attached hydrogens (tertiary/aromatic N) is 1. The predicted octanol–water partition coefficient (Wildman–Crippen LogP) is 4.38. The van der Waals surface area contributed by atoms with Crippen LogP contribution in [-0.2, 0) is 4.74 Å². The van der Waals surface area contributed by atoms with Crippen LogP contribution in [0.2, 0.25) is 0 Å². The van der Waals surface area contributed by atoms with E-state index in [-0.39, 0.29) is 0 Å². The van der Waals surface area contributed by atoms with Gasteiger partial charge in [0.2, 0.25) is 0 Å². The largest absolute Gasteiger partial charge is 0.494 e. The third-order valence-corrected chi connectivity index (χ3v) is 2.90. The molecule has 0 aromatic heterocycles. The van der Waals surface area contributed by atoms with Crippen LogP contribution in [0.5, 0.6) is 5.75 Å². The van der Waals surface area contributed by atoms with Crippen molar-refractivity contribution in [2.24, 2.45) is 4.99 Å². The van der Waals surface area contributed by atoms with Gasteiger partial charge in [-0.1, -0.05) is 31.2 Å². The minimum absolute atomic E-state index is 0.387. The molecule has 0 aliphatic carbocycles. The molecule has 0 heterocycles. The Bertz CT molecular complexity index is 650. The summed E-state index contributed by atoms with van der Waals surface area (Å²) in [6, 6.07) is 16.3. The quantitative estimate of drug-likeness (QED) is 0.467. The lowest BCUT2D eigenvalue weighted by Crippen LogP contribution is -2.12. The van der Waals surface area contributed by atoms with Crippen molar-refractivity contribution in [1.29, 1.82) is 0 Å². The molecule has 0 saturated carbocycles. The highest BCUT2D eigenvalue weighted by atomic mass is 16.5. The fourth-order valence-corrected chi connectivity index (χ4v) is 1.87. The number of hydrogen-bond donors (Lipinski definition) is 0. The van der Waals surface area contributed by atoms with E-state index in [1.807, 2.05) is 44.2 Å². The second-order valence-corrected chi connectivity index (χ2v) is 4.55. The van der Waals surface area contributed by atoms with E-state index in [1.54, 1.807) is 24.3 Å². The van der Waals surface area contributed by atoms with Crippen molar-refractivity contribution in [2.45, 2.75) is 20.3 Å². The zero-order valence-corrected chi connectivity index (χ0v) is 12.8. The minimum Gasteiger partial charge on any atom is -0.494 e. The summed E-state index contributed by atoms with van der Waals surface area (Å²) in [5.74, 6) is 0.603. The van der Waals surface area contributed by atoms with Crippen molar-refractivity contribution in [3.8, 4) is 5.75 Å². The second-order valence-electron chi connectivity index (χ2n) is 4.55. The Morgan fingerprint density at radius 2 is 1.82 bits per heavy atom. The summed E-state index contributed by atoms with van der Waals surface area (Å²) >= 11 is 0. The second kappa shape index (κ2) is 7.98. The Kier molecular flexibility index (Phi) is 5.72. The molecule has 0 saturated heterocycles. The molecule has 2 rings (SSSR count). The Balaban J connectivity index is 2.12. The Labute approximate surface area is 130 Å². The summed E-state index contributed by atoms with van der Waals surface area (Å²) in [4.78, 5) is 16.5. The molecular weight excluding hydrogens is 278 g/mol. The van der Waals surface area contributed by atoms with Crippen LogP contribution in [0.1, 0.15) is 30.6 Å². The molecule has 0 spiro atoms. The van der Waals surface area contributed by atoms with Crippen molar-refractivity contribution in [2.75, 3.05) is 6.61 Å². The maximum absolute atomic E-state index is 12.2. The first-order chi connectivity index (χ1) is 10.7. The summed E-state index contributed by atoms with van der Waals surface area (Å²) in [6.07, 6.45) is 0.534. The van der Waals surface area contributed by atoms with Crippen LogP contribution >= 0.6 is 0 Å². The van der Waals surface area contributed by atoms with Crippen molar-refractivity contribution in [1.82, 2.24) is 0 Å². The van der Waals surface area contributed by atoms with Gasteiger partial charge in [0, 0.05) is 6.42 Å². The smallest absolute Gasteiger partial charge is 0.344 e. The van der Waals surface area contributed by atoms with Gasteiger partial charge in [0.25, 0.3) is 0 Å². The maximum Gasteiger partial charge on any atom is 0.344 e. The van der Waals surface area contributed by atoms with E-state index in [2.05, 4.69) is 4.99 Å². The van der Waals surface area contributed by atoms with E-state index in [0.717, 1.165) is 5.69 Å². The van der Waals surface area contributed by atoms with Crippen LogP contribution in [0.15, 0.2) is 59.6 Å². The molecule has 0 bridgehead atoms. The number of hydrogen-bond acceptors (Lipinski definition) is 4. The average molecular weight is 297 g/mol. The summed E-state index contributed by atoms with van der Waals surface area (Å²) in [7, 11) is 0. The number of para-hydroxylation sites is 1. The maximum atomic E-state index is 12.2. The molecule has 0 fully saturated rings. The van der Waals surface area contributed by atoms with Crippen molar-refractivity contribution >= 4 is 17.6 Å². The predicted molar refractivity (Wildman–Crippen MR) is 86.9 cm³/mol. The average Bonchev–Trinajstić information content (AvgIpc) is 2.55. The number of rotatable bonds is 5. The van der Waals surface area contributed by atoms with Crippen LogP contribution in [0.4, 0.5) is 5.69 Å². The summed E-state index contributed by atoms with van der Waals surface area (Å²) in [5.41, 5.74) is 1.20. The molecule has 114 valence electrons. The lowest BCUT2D eigenvalue weighted by molar-refractivity contribution is 0.0712. The van der Waals surface area contributed by atoms with Crippen molar-refractivity contribution in [3.63, 3.8) is 0 Å². The van der Waals surface area contributed by atoms with E-state index in [0.29, 0.717) is 30.2 Å². The fraction of sp³-hybridized carbons (Fsp3) is 0.222. The molecule has 0 N–H and O–H groups in total. The molecule has 0 radical (unpaired) electrons. The van der Waals surface area contributed by atoms with Crippen molar-refractivity contribution in [3.05, 3.63) is 60.2 Å². The van der Waals surface area contributed by atoms with Crippen LogP contribution in [0.3, 0.4) is 0 Å². The summed E-state index contributed by atoms with van der Waals surface area (Å²) in [6.45, 7) is 4.34. The van der Waals surface area contributed by atoms with E-state index in [1.165, 1.54) is 0 Å².